The fourth-order valence-electron chi connectivity index (χ4n) is 6.73. The van der Waals surface area contributed by atoms with E-state index in [-0.39, 0.29) is 58.1 Å². The summed E-state index contributed by atoms with van der Waals surface area (Å²) in [5.41, 5.74) is 1.52. The number of phenolic OH excluding ortho intramolecular Hbond substituents is 1. The summed E-state index contributed by atoms with van der Waals surface area (Å²) < 4.78 is 5.21. The molecule has 3 N–H and O–H groups in total. The zero-order valence-corrected chi connectivity index (χ0v) is 22.1. The zero-order valence-electron chi connectivity index (χ0n) is 22.1. The monoisotopic (exact) mass is 555 g/mol. The lowest BCUT2D eigenvalue weighted by molar-refractivity contribution is -0.123. The number of nitrogens with zero attached hydrogens (tertiary/aromatic N) is 1. The molecule has 6 rings (SSSR count). The van der Waals surface area contributed by atoms with Crippen LogP contribution in [0.3, 0.4) is 0 Å². The van der Waals surface area contributed by atoms with Crippen molar-refractivity contribution in [3.8, 4) is 17.2 Å². The Kier molecular flexibility index (Phi) is 5.95. The molecular formula is C31H25NO9. The van der Waals surface area contributed by atoms with Crippen molar-refractivity contribution in [3.63, 3.8) is 0 Å². The molecule has 2 aromatic rings. The van der Waals surface area contributed by atoms with Gasteiger partial charge in [-0.15, -0.1) is 0 Å². The summed E-state index contributed by atoms with van der Waals surface area (Å²) in [7, 11) is 1.45. The second-order valence-electron chi connectivity index (χ2n) is 10.7. The van der Waals surface area contributed by atoms with E-state index in [1.165, 1.54) is 25.3 Å². The fourth-order valence-corrected chi connectivity index (χ4v) is 6.73. The SMILES string of the molecule is COc1ccc(C2C3=CCC4C(=O)N(c5ccc(C(=O)O)c(O)c5)C(=O)C4C3CC3=C2C(=O)C=C(C)C3=O)c(O)c1. The molecule has 0 spiro atoms. The molecule has 2 aromatic carbocycles. The number of methoxy groups -OCH3 is 1. The number of hydrogen-bond donors (Lipinski definition) is 3. The van der Waals surface area contributed by atoms with Gasteiger partial charge in [-0.3, -0.25) is 19.2 Å². The molecule has 3 aliphatic carbocycles. The van der Waals surface area contributed by atoms with Crippen LogP contribution in [0.5, 0.6) is 17.2 Å². The first-order valence-corrected chi connectivity index (χ1v) is 13.0. The minimum absolute atomic E-state index is 0.0428. The topological polar surface area (TPSA) is 159 Å². The van der Waals surface area contributed by atoms with Crippen molar-refractivity contribution < 1.29 is 44.0 Å². The van der Waals surface area contributed by atoms with Crippen LogP contribution >= 0.6 is 0 Å². The maximum atomic E-state index is 13.9. The molecule has 1 fully saturated rings. The van der Waals surface area contributed by atoms with Crippen molar-refractivity contribution in [1.29, 1.82) is 0 Å². The van der Waals surface area contributed by atoms with E-state index in [0.29, 0.717) is 16.9 Å². The molecule has 4 unspecified atom stereocenters. The average Bonchev–Trinajstić information content (AvgIpc) is 3.20. The quantitative estimate of drug-likeness (QED) is 0.292. The Balaban J connectivity index is 1.47. The van der Waals surface area contributed by atoms with E-state index in [1.807, 2.05) is 6.08 Å². The Bertz CT molecular complexity index is 1690. The standard InChI is InChI=1S/C31H25NO9/c1-13-9-24(35)27-21(28(13)36)12-20-16(25(27)17-6-4-15(41-2)11-23(17)34)7-8-19-26(20)30(38)32(29(19)37)14-3-5-18(31(39)40)22(33)10-14/h3-7,9-11,19-20,25-26,33-34H,8,12H2,1-2H3,(H,39,40). The van der Waals surface area contributed by atoms with Crippen LogP contribution in [0.2, 0.25) is 0 Å². The molecule has 10 nitrogen and oxygen atoms in total. The molecule has 1 heterocycles. The molecule has 2 amide bonds. The molecule has 208 valence electrons. The van der Waals surface area contributed by atoms with Crippen molar-refractivity contribution in [3.05, 3.63) is 82.0 Å². The van der Waals surface area contributed by atoms with Crippen molar-refractivity contribution >= 4 is 35.0 Å². The van der Waals surface area contributed by atoms with E-state index in [0.717, 1.165) is 17.0 Å². The predicted octanol–water partition coefficient (Wildman–Crippen LogP) is 3.44. The summed E-state index contributed by atoms with van der Waals surface area (Å²) in [5.74, 6) is -6.42. The van der Waals surface area contributed by atoms with Gasteiger partial charge in [-0.1, -0.05) is 17.7 Å². The van der Waals surface area contributed by atoms with Gasteiger partial charge in [0.15, 0.2) is 11.6 Å². The highest BCUT2D eigenvalue weighted by molar-refractivity contribution is 6.25. The van der Waals surface area contributed by atoms with Crippen LogP contribution < -0.4 is 9.64 Å². The van der Waals surface area contributed by atoms with E-state index in [9.17, 15) is 39.3 Å². The van der Waals surface area contributed by atoms with E-state index in [1.54, 1.807) is 19.1 Å². The summed E-state index contributed by atoms with van der Waals surface area (Å²) in [6, 6.07) is 8.18. The lowest BCUT2D eigenvalue weighted by Gasteiger charge is -2.42. The summed E-state index contributed by atoms with van der Waals surface area (Å²) >= 11 is 0. The number of carboxylic acids is 1. The number of fused-ring (bicyclic) bond motifs is 3. The first kappa shape index (κ1) is 26.2. The summed E-state index contributed by atoms with van der Waals surface area (Å²) in [5, 5.41) is 30.4. The van der Waals surface area contributed by atoms with E-state index < -0.39 is 47.2 Å². The Labute approximate surface area is 233 Å². The van der Waals surface area contributed by atoms with Gasteiger partial charge in [0.05, 0.1) is 24.6 Å². The van der Waals surface area contributed by atoms with Gasteiger partial charge in [-0.2, -0.15) is 0 Å². The normalized spacial score (nSPS) is 25.4. The Morgan fingerprint density at radius 3 is 2.39 bits per heavy atom. The second-order valence-corrected chi connectivity index (χ2v) is 10.7. The van der Waals surface area contributed by atoms with Crippen molar-refractivity contribution in [2.75, 3.05) is 12.0 Å². The van der Waals surface area contributed by atoms with Crippen LogP contribution in [0, 0.1) is 17.8 Å². The average molecular weight is 556 g/mol. The summed E-state index contributed by atoms with van der Waals surface area (Å²) in [4.78, 5) is 66.5. The number of phenols is 2. The van der Waals surface area contributed by atoms with Gasteiger partial charge in [0.2, 0.25) is 11.8 Å². The van der Waals surface area contributed by atoms with Crippen molar-refractivity contribution in [1.82, 2.24) is 0 Å². The Morgan fingerprint density at radius 1 is 0.976 bits per heavy atom. The number of rotatable bonds is 4. The number of carbonyl (C=O) groups excluding carboxylic acids is 4. The molecule has 0 bridgehead atoms. The zero-order chi connectivity index (χ0) is 29.3. The minimum atomic E-state index is -1.36. The van der Waals surface area contributed by atoms with E-state index in [4.69, 9.17) is 4.74 Å². The number of aromatic hydroxyl groups is 2. The molecule has 41 heavy (non-hydrogen) atoms. The first-order valence-electron chi connectivity index (χ1n) is 13.0. The summed E-state index contributed by atoms with van der Waals surface area (Å²) in [6.45, 7) is 1.55. The Morgan fingerprint density at radius 2 is 1.73 bits per heavy atom. The van der Waals surface area contributed by atoms with Gasteiger partial charge in [-0.25, -0.2) is 9.69 Å². The molecule has 1 aliphatic heterocycles. The van der Waals surface area contributed by atoms with Gasteiger partial charge in [-0.05, 0) is 50.0 Å². The number of carbonyl (C=O) groups is 5. The van der Waals surface area contributed by atoms with Crippen molar-refractivity contribution in [2.24, 2.45) is 17.8 Å². The van der Waals surface area contributed by atoms with Gasteiger partial charge < -0.3 is 20.1 Å². The number of ether oxygens (including phenoxy) is 1. The highest BCUT2D eigenvalue weighted by Gasteiger charge is 2.57. The molecule has 0 saturated carbocycles. The van der Waals surface area contributed by atoms with Crippen LogP contribution in [0.15, 0.2) is 70.8 Å². The highest BCUT2D eigenvalue weighted by atomic mass is 16.5. The molecule has 0 aromatic heterocycles. The predicted molar refractivity (Wildman–Crippen MR) is 144 cm³/mol. The molecule has 10 heteroatoms. The summed E-state index contributed by atoms with van der Waals surface area (Å²) in [6.07, 6.45) is 3.37. The van der Waals surface area contributed by atoms with Gasteiger partial charge in [0.25, 0.3) is 0 Å². The number of anilines is 1. The lowest BCUT2D eigenvalue weighted by Crippen LogP contribution is -2.39. The number of benzene rings is 2. The maximum Gasteiger partial charge on any atom is 0.339 e. The van der Waals surface area contributed by atoms with E-state index in [2.05, 4.69) is 0 Å². The number of allylic oxidation sites excluding steroid dienone is 6. The third kappa shape index (κ3) is 3.81. The highest BCUT2D eigenvalue weighted by Crippen LogP contribution is 2.56. The fraction of sp³-hybridized carbons (Fsp3) is 0.258. The molecule has 0 radical (unpaired) electrons. The van der Waals surface area contributed by atoms with Crippen LogP contribution in [-0.4, -0.2) is 51.8 Å². The first-order chi connectivity index (χ1) is 19.5. The largest absolute Gasteiger partial charge is 0.507 e. The number of carboxylic acid groups (broad SMARTS) is 1. The third-order valence-electron chi connectivity index (χ3n) is 8.58. The smallest absolute Gasteiger partial charge is 0.339 e. The van der Waals surface area contributed by atoms with Crippen LogP contribution in [0.1, 0.15) is 41.6 Å². The number of ketones is 2. The molecule has 1 saturated heterocycles. The number of aromatic carboxylic acids is 1. The molecule has 4 aliphatic rings. The number of hydrogen-bond acceptors (Lipinski definition) is 8. The maximum absolute atomic E-state index is 13.9. The third-order valence-corrected chi connectivity index (χ3v) is 8.58. The molecular weight excluding hydrogens is 530 g/mol. The van der Waals surface area contributed by atoms with Crippen LogP contribution in [0.25, 0.3) is 0 Å². The van der Waals surface area contributed by atoms with Gasteiger partial charge in [0.1, 0.15) is 22.8 Å². The minimum Gasteiger partial charge on any atom is -0.507 e. The number of Topliss-reactive ketones (excluding diaryl/α,β-unsaturated/α-hetero) is 1. The Hall–Kier alpha value is -4.99. The van der Waals surface area contributed by atoms with Crippen LogP contribution in [0.4, 0.5) is 5.69 Å². The van der Waals surface area contributed by atoms with Gasteiger partial charge >= 0.3 is 5.97 Å². The van der Waals surface area contributed by atoms with Crippen LogP contribution in [-0.2, 0) is 19.2 Å². The second kappa shape index (κ2) is 9.29. The number of imide groups is 1. The number of amides is 2. The van der Waals surface area contributed by atoms with Gasteiger partial charge in [0, 0.05) is 40.3 Å². The van der Waals surface area contributed by atoms with E-state index >= 15 is 0 Å². The van der Waals surface area contributed by atoms with Crippen molar-refractivity contribution in [2.45, 2.75) is 25.7 Å². The molecule has 4 atom stereocenters. The lowest BCUT2D eigenvalue weighted by atomic mass is 9.59.